The molecule has 0 atom stereocenters. The molecule has 0 aliphatic heterocycles. The van der Waals surface area contributed by atoms with Gasteiger partial charge in [0.2, 0.25) is 0 Å². The molecule has 0 aromatic heterocycles. The Morgan fingerprint density at radius 3 is 1.85 bits per heavy atom. The fourth-order valence-corrected chi connectivity index (χ4v) is 1.33. The summed E-state index contributed by atoms with van der Waals surface area (Å²) < 4.78 is 0. The smallest absolute Gasteiger partial charge is 0.0751 e. The fourth-order valence-electron chi connectivity index (χ4n) is 1.33. The van der Waals surface area contributed by atoms with Gasteiger partial charge in [-0.05, 0) is 19.3 Å². The standard InChI is InChI=1S/C11H22O2/c12-10-8-6-4-2-1-3-5-7-9-11-13/h8,10,12-13H,1-7,9,11H2/b10-8+. The van der Waals surface area contributed by atoms with Crippen molar-refractivity contribution in [2.45, 2.75) is 51.4 Å². The second-order valence-electron chi connectivity index (χ2n) is 3.37. The summed E-state index contributed by atoms with van der Waals surface area (Å²) in [5, 5.41) is 16.9. The van der Waals surface area contributed by atoms with E-state index in [4.69, 9.17) is 10.2 Å². The zero-order valence-corrected chi connectivity index (χ0v) is 8.41. The van der Waals surface area contributed by atoms with Crippen LogP contribution in [0.3, 0.4) is 0 Å². The topological polar surface area (TPSA) is 40.5 Å². The second-order valence-corrected chi connectivity index (χ2v) is 3.37. The van der Waals surface area contributed by atoms with Crippen LogP contribution in [-0.2, 0) is 0 Å². The van der Waals surface area contributed by atoms with Crippen LogP contribution in [0.5, 0.6) is 0 Å². The summed E-state index contributed by atoms with van der Waals surface area (Å²) in [7, 11) is 0. The van der Waals surface area contributed by atoms with Crippen LogP contribution in [0, 0.1) is 0 Å². The molecular formula is C11H22O2. The summed E-state index contributed by atoms with van der Waals surface area (Å²) >= 11 is 0. The number of unbranched alkanes of at least 4 members (excludes halogenated alkanes) is 7. The van der Waals surface area contributed by atoms with Crippen LogP contribution >= 0.6 is 0 Å². The number of allylic oxidation sites excluding steroid dienone is 1. The van der Waals surface area contributed by atoms with Crippen molar-refractivity contribution in [3.63, 3.8) is 0 Å². The van der Waals surface area contributed by atoms with E-state index >= 15 is 0 Å². The van der Waals surface area contributed by atoms with Crippen LogP contribution in [0.15, 0.2) is 12.3 Å². The number of aliphatic hydroxyl groups is 2. The van der Waals surface area contributed by atoms with Crippen LogP contribution < -0.4 is 0 Å². The van der Waals surface area contributed by atoms with Crippen LogP contribution in [-0.4, -0.2) is 16.8 Å². The minimum absolute atomic E-state index is 0.335. The lowest BCUT2D eigenvalue weighted by molar-refractivity contribution is 0.282. The highest BCUT2D eigenvalue weighted by Crippen LogP contribution is 2.08. The first-order valence-corrected chi connectivity index (χ1v) is 5.32. The van der Waals surface area contributed by atoms with Crippen molar-refractivity contribution in [3.05, 3.63) is 12.3 Å². The minimum atomic E-state index is 0.335. The maximum atomic E-state index is 8.53. The molecule has 0 saturated carbocycles. The van der Waals surface area contributed by atoms with Crippen molar-refractivity contribution in [1.29, 1.82) is 0 Å². The molecule has 2 N–H and O–H groups in total. The first-order valence-electron chi connectivity index (χ1n) is 5.32. The Bertz CT molecular complexity index is 111. The molecule has 0 aromatic rings. The second kappa shape index (κ2) is 11.5. The molecular weight excluding hydrogens is 164 g/mol. The maximum absolute atomic E-state index is 8.53. The summed E-state index contributed by atoms with van der Waals surface area (Å²) in [5.41, 5.74) is 0. The first-order chi connectivity index (χ1) is 6.41. The van der Waals surface area contributed by atoms with Gasteiger partial charge in [-0.3, -0.25) is 0 Å². The molecule has 2 heteroatoms. The highest BCUT2D eigenvalue weighted by Gasteiger charge is 1.90. The predicted molar refractivity (Wildman–Crippen MR) is 55.8 cm³/mol. The largest absolute Gasteiger partial charge is 0.516 e. The third-order valence-corrected chi connectivity index (χ3v) is 2.13. The molecule has 0 unspecified atom stereocenters. The van der Waals surface area contributed by atoms with E-state index in [-0.39, 0.29) is 0 Å². The molecule has 0 rings (SSSR count). The number of hydrogen-bond acceptors (Lipinski definition) is 2. The molecule has 0 aliphatic carbocycles. The molecule has 0 spiro atoms. The third-order valence-electron chi connectivity index (χ3n) is 2.13. The Morgan fingerprint density at radius 1 is 0.769 bits per heavy atom. The zero-order valence-electron chi connectivity index (χ0n) is 8.41. The van der Waals surface area contributed by atoms with Gasteiger partial charge in [0.1, 0.15) is 0 Å². The van der Waals surface area contributed by atoms with Gasteiger partial charge in [0, 0.05) is 6.61 Å². The summed E-state index contributed by atoms with van der Waals surface area (Å²) in [4.78, 5) is 0. The lowest BCUT2D eigenvalue weighted by Crippen LogP contribution is -1.83. The van der Waals surface area contributed by atoms with Gasteiger partial charge < -0.3 is 10.2 Å². The van der Waals surface area contributed by atoms with Gasteiger partial charge in [-0.25, -0.2) is 0 Å². The normalized spacial score (nSPS) is 11.2. The van der Waals surface area contributed by atoms with E-state index < -0.39 is 0 Å². The van der Waals surface area contributed by atoms with Gasteiger partial charge in [-0.1, -0.05) is 38.2 Å². The van der Waals surface area contributed by atoms with Gasteiger partial charge in [-0.15, -0.1) is 0 Å². The molecule has 0 radical (unpaired) electrons. The average Bonchev–Trinajstić information content (AvgIpc) is 2.16. The Labute approximate surface area is 81.3 Å². The molecule has 0 saturated heterocycles. The number of aliphatic hydroxyl groups excluding tert-OH is 2. The summed E-state index contributed by atoms with van der Waals surface area (Å²) in [6.07, 6.45) is 12.3. The Kier molecular flexibility index (Phi) is 11.1. The summed E-state index contributed by atoms with van der Waals surface area (Å²) in [6.45, 7) is 0.335. The van der Waals surface area contributed by atoms with Crippen LogP contribution in [0.1, 0.15) is 51.4 Å². The van der Waals surface area contributed by atoms with E-state index in [1.165, 1.54) is 32.1 Å². The van der Waals surface area contributed by atoms with Crippen molar-refractivity contribution in [1.82, 2.24) is 0 Å². The van der Waals surface area contributed by atoms with Gasteiger partial charge in [0.05, 0.1) is 6.26 Å². The molecule has 0 aromatic carbocycles. The van der Waals surface area contributed by atoms with Gasteiger partial charge in [0.15, 0.2) is 0 Å². The molecule has 13 heavy (non-hydrogen) atoms. The lowest BCUT2D eigenvalue weighted by Gasteiger charge is -1.99. The van der Waals surface area contributed by atoms with Crippen molar-refractivity contribution < 1.29 is 10.2 Å². The molecule has 2 nitrogen and oxygen atoms in total. The maximum Gasteiger partial charge on any atom is 0.0751 e. The monoisotopic (exact) mass is 186 g/mol. The van der Waals surface area contributed by atoms with Crippen LogP contribution in [0.4, 0.5) is 0 Å². The lowest BCUT2D eigenvalue weighted by atomic mass is 10.1. The molecule has 0 aliphatic rings. The molecule has 0 bridgehead atoms. The van der Waals surface area contributed by atoms with Crippen molar-refractivity contribution >= 4 is 0 Å². The van der Waals surface area contributed by atoms with Gasteiger partial charge in [0.25, 0.3) is 0 Å². The first kappa shape index (κ1) is 12.5. The predicted octanol–water partition coefficient (Wildman–Crippen LogP) is 3.17. The highest BCUT2D eigenvalue weighted by molar-refractivity contribution is 4.70. The van der Waals surface area contributed by atoms with Gasteiger partial charge in [-0.2, -0.15) is 0 Å². The van der Waals surface area contributed by atoms with E-state index in [1.807, 2.05) is 0 Å². The SMILES string of the molecule is O/C=C/CCCCCCCCCO. The number of hydrogen-bond donors (Lipinski definition) is 2. The van der Waals surface area contributed by atoms with Crippen molar-refractivity contribution in [2.75, 3.05) is 6.61 Å². The quantitative estimate of drug-likeness (QED) is 0.429. The summed E-state index contributed by atoms with van der Waals surface area (Å²) in [5.74, 6) is 0. The summed E-state index contributed by atoms with van der Waals surface area (Å²) in [6, 6.07) is 0. The molecule has 0 fully saturated rings. The highest BCUT2D eigenvalue weighted by atomic mass is 16.3. The zero-order chi connectivity index (χ0) is 9.78. The van der Waals surface area contributed by atoms with E-state index in [0.717, 1.165) is 25.5 Å². The van der Waals surface area contributed by atoms with Crippen LogP contribution in [0.2, 0.25) is 0 Å². The Hall–Kier alpha value is -0.500. The van der Waals surface area contributed by atoms with Crippen molar-refractivity contribution in [3.8, 4) is 0 Å². The third kappa shape index (κ3) is 11.5. The molecule has 78 valence electrons. The molecule has 0 amide bonds. The van der Waals surface area contributed by atoms with E-state index in [1.54, 1.807) is 6.08 Å². The van der Waals surface area contributed by atoms with Gasteiger partial charge >= 0.3 is 0 Å². The fraction of sp³-hybridized carbons (Fsp3) is 0.818. The number of rotatable bonds is 9. The average molecular weight is 186 g/mol. The Morgan fingerprint density at radius 2 is 1.31 bits per heavy atom. The van der Waals surface area contributed by atoms with E-state index in [2.05, 4.69) is 0 Å². The van der Waals surface area contributed by atoms with Crippen molar-refractivity contribution in [2.24, 2.45) is 0 Å². The van der Waals surface area contributed by atoms with E-state index in [9.17, 15) is 0 Å². The van der Waals surface area contributed by atoms with Crippen LogP contribution in [0.25, 0.3) is 0 Å². The Balaban J connectivity index is 2.83. The minimum Gasteiger partial charge on any atom is -0.516 e. The van der Waals surface area contributed by atoms with E-state index in [0.29, 0.717) is 6.61 Å². The molecule has 0 heterocycles.